The second-order valence-corrected chi connectivity index (χ2v) is 5.96. The predicted molar refractivity (Wildman–Crippen MR) is 95.8 cm³/mol. The van der Waals surface area contributed by atoms with E-state index in [0.717, 1.165) is 5.56 Å². The molecule has 0 fully saturated rings. The van der Waals surface area contributed by atoms with Crippen molar-refractivity contribution in [1.29, 1.82) is 0 Å². The molecule has 0 bridgehead atoms. The molecule has 0 saturated heterocycles. The van der Waals surface area contributed by atoms with Crippen LogP contribution in [0.1, 0.15) is 22.8 Å². The number of nitrogens with one attached hydrogen (secondary N) is 1. The number of benzene rings is 2. The first-order chi connectivity index (χ1) is 11.6. The average Bonchev–Trinajstić information content (AvgIpc) is 2.57. The smallest absolute Gasteiger partial charge is 0.335 e. The van der Waals surface area contributed by atoms with Crippen LogP contribution in [0.2, 0.25) is 0 Å². The maximum absolute atomic E-state index is 12.0. The van der Waals surface area contributed by atoms with Crippen molar-refractivity contribution in [2.24, 2.45) is 0 Å². The van der Waals surface area contributed by atoms with Crippen LogP contribution in [0.15, 0.2) is 48.5 Å². The van der Waals surface area contributed by atoms with Crippen LogP contribution in [0, 0.1) is 0 Å². The Bertz CT molecular complexity index is 700. The topological polar surface area (TPSA) is 75.6 Å². The quantitative estimate of drug-likeness (QED) is 0.764. The number of aromatic carboxylic acids is 1. The highest BCUT2D eigenvalue weighted by molar-refractivity contribution is 7.99. The van der Waals surface area contributed by atoms with Crippen molar-refractivity contribution in [3.05, 3.63) is 59.7 Å². The van der Waals surface area contributed by atoms with Crippen molar-refractivity contribution in [2.75, 3.05) is 17.7 Å². The number of carboxylic acids is 1. The number of rotatable bonds is 8. The van der Waals surface area contributed by atoms with Crippen molar-refractivity contribution in [2.45, 2.75) is 12.7 Å². The number of para-hydroxylation sites is 2. The van der Waals surface area contributed by atoms with Gasteiger partial charge in [0.25, 0.3) is 0 Å². The van der Waals surface area contributed by atoms with Gasteiger partial charge in [-0.1, -0.05) is 24.3 Å². The molecule has 5 nitrogen and oxygen atoms in total. The molecule has 2 aromatic rings. The Morgan fingerprint density at radius 3 is 2.50 bits per heavy atom. The number of ether oxygens (including phenoxy) is 1. The Kier molecular flexibility index (Phi) is 6.69. The lowest BCUT2D eigenvalue weighted by atomic mass is 10.1. The molecule has 0 aliphatic rings. The number of hydrogen-bond donors (Lipinski definition) is 2. The van der Waals surface area contributed by atoms with E-state index in [1.165, 1.54) is 11.8 Å². The average molecular weight is 345 g/mol. The van der Waals surface area contributed by atoms with Gasteiger partial charge in [-0.3, -0.25) is 4.79 Å². The van der Waals surface area contributed by atoms with E-state index in [4.69, 9.17) is 9.84 Å². The SMILES string of the molecule is CCOc1ccccc1NC(=O)CSCc1ccc(C(=O)O)cc1. The van der Waals surface area contributed by atoms with Gasteiger partial charge in [0.1, 0.15) is 5.75 Å². The maximum Gasteiger partial charge on any atom is 0.335 e. The largest absolute Gasteiger partial charge is 0.492 e. The van der Waals surface area contributed by atoms with Crippen LogP contribution >= 0.6 is 11.8 Å². The lowest BCUT2D eigenvalue weighted by Gasteiger charge is -2.11. The first kappa shape index (κ1) is 17.9. The lowest BCUT2D eigenvalue weighted by molar-refractivity contribution is -0.113. The van der Waals surface area contributed by atoms with Crippen LogP contribution in [0.5, 0.6) is 5.75 Å². The molecule has 0 saturated carbocycles. The second-order valence-electron chi connectivity index (χ2n) is 4.97. The molecule has 0 aliphatic carbocycles. The minimum atomic E-state index is -0.943. The monoisotopic (exact) mass is 345 g/mol. The summed E-state index contributed by atoms with van der Waals surface area (Å²) in [6.07, 6.45) is 0. The van der Waals surface area contributed by atoms with Gasteiger partial charge in [0.05, 0.1) is 23.6 Å². The summed E-state index contributed by atoms with van der Waals surface area (Å²) < 4.78 is 5.47. The Morgan fingerprint density at radius 1 is 1.12 bits per heavy atom. The van der Waals surface area contributed by atoms with E-state index in [1.54, 1.807) is 30.3 Å². The molecule has 2 aromatic carbocycles. The number of hydrogen-bond acceptors (Lipinski definition) is 4. The Morgan fingerprint density at radius 2 is 1.83 bits per heavy atom. The summed E-state index contributed by atoms with van der Waals surface area (Å²) in [5.41, 5.74) is 1.90. The molecular weight excluding hydrogens is 326 g/mol. The van der Waals surface area contributed by atoms with E-state index in [2.05, 4.69) is 5.32 Å². The Balaban J connectivity index is 1.82. The summed E-state index contributed by atoms with van der Waals surface area (Å²) in [5, 5.41) is 11.7. The van der Waals surface area contributed by atoms with E-state index < -0.39 is 5.97 Å². The number of carbonyl (C=O) groups is 2. The highest BCUT2D eigenvalue weighted by Gasteiger charge is 2.08. The van der Waals surface area contributed by atoms with Gasteiger partial charge in [-0.05, 0) is 36.8 Å². The van der Waals surface area contributed by atoms with Crippen molar-refractivity contribution in [3.63, 3.8) is 0 Å². The van der Waals surface area contributed by atoms with Gasteiger partial charge in [0.2, 0.25) is 5.91 Å². The molecule has 1 amide bonds. The zero-order valence-electron chi connectivity index (χ0n) is 13.3. The lowest BCUT2D eigenvalue weighted by Crippen LogP contribution is -2.15. The summed E-state index contributed by atoms with van der Waals surface area (Å²) >= 11 is 1.47. The van der Waals surface area contributed by atoms with E-state index in [0.29, 0.717) is 29.5 Å². The standard InChI is InChI=1S/C18H19NO4S/c1-2-23-16-6-4-3-5-15(16)19-17(20)12-24-11-13-7-9-14(10-8-13)18(21)22/h3-10H,2,11-12H2,1H3,(H,19,20)(H,21,22). The van der Waals surface area contributed by atoms with Gasteiger partial charge in [0.15, 0.2) is 0 Å². The normalized spacial score (nSPS) is 10.2. The van der Waals surface area contributed by atoms with Gasteiger partial charge in [0, 0.05) is 5.75 Å². The van der Waals surface area contributed by atoms with Crippen LogP contribution in [0.4, 0.5) is 5.69 Å². The molecule has 0 radical (unpaired) electrons. The third-order valence-electron chi connectivity index (χ3n) is 3.16. The molecule has 0 aromatic heterocycles. The van der Waals surface area contributed by atoms with Crippen LogP contribution in [0.25, 0.3) is 0 Å². The molecule has 2 N–H and O–H groups in total. The van der Waals surface area contributed by atoms with E-state index in [-0.39, 0.29) is 11.5 Å². The number of anilines is 1. The first-order valence-electron chi connectivity index (χ1n) is 7.51. The predicted octanol–water partition coefficient (Wildman–Crippen LogP) is 3.66. The molecule has 0 atom stereocenters. The third kappa shape index (κ3) is 5.31. The molecular formula is C18H19NO4S. The maximum atomic E-state index is 12.0. The fraction of sp³-hybridized carbons (Fsp3) is 0.222. The molecule has 2 rings (SSSR count). The first-order valence-corrected chi connectivity index (χ1v) is 8.67. The number of amides is 1. The van der Waals surface area contributed by atoms with Crippen LogP contribution in [-0.4, -0.2) is 29.3 Å². The van der Waals surface area contributed by atoms with Crippen molar-refractivity contribution in [1.82, 2.24) is 0 Å². The molecule has 6 heteroatoms. The third-order valence-corrected chi connectivity index (χ3v) is 4.17. The summed E-state index contributed by atoms with van der Waals surface area (Å²) in [5.74, 6) is 0.556. The van der Waals surface area contributed by atoms with E-state index in [1.807, 2.05) is 25.1 Å². The Labute approximate surface area is 145 Å². The summed E-state index contributed by atoms with van der Waals surface area (Å²) in [4.78, 5) is 22.8. The molecule has 0 heterocycles. The Hall–Kier alpha value is -2.47. The number of thioether (sulfide) groups is 1. The van der Waals surface area contributed by atoms with Gasteiger partial charge in [-0.15, -0.1) is 11.8 Å². The fourth-order valence-electron chi connectivity index (χ4n) is 2.04. The molecule has 24 heavy (non-hydrogen) atoms. The van der Waals surface area contributed by atoms with Crippen LogP contribution < -0.4 is 10.1 Å². The molecule has 126 valence electrons. The summed E-state index contributed by atoms with van der Waals surface area (Å²) in [6, 6.07) is 14.0. The number of carboxylic acid groups (broad SMARTS) is 1. The zero-order chi connectivity index (χ0) is 17.4. The molecule has 0 unspecified atom stereocenters. The van der Waals surface area contributed by atoms with Gasteiger partial charge in [-0.2, -0.15) is 0 Å². The summed E-state index contributed by atoms with van der Waals surface area (Å²) in [6.45, 7) is 2.43. The zero-order valence-corrected chi connectivity index (χ0v) is 14.1. The fourth-order valence-corrected chi connectivity index (χ4v) is 2.83. The van der Waals surface area contributed by atoms with Gasteiger partial charge in [-0.25, -0.2) is 4.79 Å². The van der Waals surface area contributed by atoms with Gasteiger partial charge < -0.3 is 15.2 Å². The van der Waals surface area contributed by atoms with E-state index >= 15 is 0 Å². The highest BCUT2D eigenvalue weighted by atomic mass is 32.2. The second kappa shape index (κ2) is 8.98. The van der Waals surface area contributed by atoms with Gasteiger partial charge >= 0.3 is 5.97 Å². The minimum absolute atomic E-state index is 0.102. The van der Waals surface area contributed by atoms with Crippen molar-refractivity contribution >= 4 is 29.3 Å². The summed E-state index contributed by atoms with van der Waals surface area (Å²) in [7, 11) is 0. The minimum Gasteiger partial charge on any atom is -0.492 e. The van der Waals surface area contributed by atoms with E-state index in [9.17, 15) is 9.59 Å². The van der Waals surface area contributed by atoms with Crippen molar-refractivity contribution < 1.29 is 19.4 Å². The van der Waals surface area contributed by atoms with Crippen LogP contribution in [0.3, 0.4) is 0 Å². The highest BCUT2D eigenvalue weighted by Crippen LogP contribution is 2.24. The van der Waals surface area contributed by atoms with Crippen LogP contribution in [-0.2, 0) is 10.5 Å². The number of carbonyl (C=O) groups excluding carboxylic acids is 1. The van der Waals surface area contributed by atoms with Crippen molar-refractivity contribution in [3.8, 4) is 5.75 Å². The molecule has 0 aliphatic heterocycles. The molecule has 0 spiro atoms.